The highest BCUT2D eigenvalue weighted by atomic mass is 16.3. The van der Waals surface area contributed by atoms with E-state index in [9.17, 15) is 24.6 Å². The number of hydrogen-bond acceptors (Lipinski definition) is 5. The minimum absolute atomic E-state index is 0.0231. The molecule has 8 heteroatoms. The van der Waals surface area contributed by atoms with Crippen LogP contribution >= 0.6 is 0 Å². The summed E-state index contributed by atoms with van der Waals surface area (Å²) in [5.74, 6) is -0.0461. The maximum Gasteiger partial charge on any atom is 0.345 e. The Balaban J connectivity index is 2.31. The largest absolute Gasteiger partial charge is 0.508 e. The first-order valence-corrected chi connectivity index (χ1v) is 6.54. The Morgan fingerprint density at radius 1 is 0.652 bits per heavy atom. The zero-order valence-corrected chi connectivity index (χ0v) is 11.6. The number of H-pyrrole nitrogens is 1. The molecule has 3 rings (SSSR count). The van der Waals surface area contributed by atoms with Crippen LogP contribution in [0.5, 0.6) is 11.5 Å². The third-order valence-corrected chi connectivity index (χ3v) is 3.22. The molecule has 0 saturated heterocycles. The molecule has 1 aromatic heterocycles. The van der Waals surface area contributed by atoms with Crippen molar-refractivity contribution in [3.63, 3.8) is 0 Å². The predicted octanol–water partition coefficient (Wildman–Crippen LogP) is 0.0879. The van der Waals surface area contributed by atoms with Gasteiger partial charge in [0.05, 0.1) is 11.4 Å². The number of aromatic hydroxyl groups is 2. The van der Waals surface area contributed by atoms with Crippen LogP contribution in [0.25, 0.3) is 11.4 Å². The lowest BCUT2D eigenvalue weighted by molar-refractivity contribution is 0.474. The quantitative estimate of drug-likeness (QED) is 0.620. The van der Waals surface area contributed by atoms with E-state index in [0.29, 0.717) is 0 Å². The van der Waals surface area contributed by atoms with Crippen LogP contribution in [0.4, 0.5) is 0 Å². The van der Waals surface area contributed by atoms with Crippen molar-refractivity contribution in [3.8, 4) is 22.9 Å². The van der Waals surface area contributed by atoms with Gasteiger partial charge in [-0.05, 0) is 48.5 Å². The Labute approximate surface area is 128 Å². The summed E-state index contributed by atoms with van der Waals surface area (Å²) in [5.41, 5.74) is -2.25. The number of nitrogens with zero attached hydrogens (tertiary/aromatic N) is 2. The summed E-state index contributed by atoms with van der Waals surface area (Å²) in [7, 11) is 0. The van der Waals surface area contributed by atoms with E-state index in [-0.39, 0.29) is 22.9 Å². The van der Waals surface area contributed by atoms with E-state index < -0.39 is 17.1 Å². The normalized spacial score (nSPS) is 10.6. The molecule has 116 valence electrons. The highest BCUT2D eigenvalue weighted by Crippen LogP contribution is 2.12. The summed E-state index contributed by atoms with van der Waals surface area (Å²) in [6.45, 7) is 0. The van der Waals surface area contributed by atoms with Gasteiger partial charge in [0.15, 0.2) is 0 Å². The second-order valence-electron chi connectivity index (χ2n) is 4.72. The number of phenols is 2. The van der Waals surface area contributed by atoms with E-state index in [1.807, 2.05) is 0 Å². The molecule has 0 radical (unpaired) electrons. The molecule has 3 aromatic rings. The summed E-state index contributed by atoms with van der Waals surface area (Å²) < 4.78 is 1.54. The van der Waals surface area contributed by atoms with Gasteiger partial charge in [-0.25, -0.2) is 23.5 Å². The Morgan fingerprint density at radius 3 is 1.35 bits per heavy atom. The monoisotopic (exact) mass is 313 g/mol. The van der Waals surface area contributed by atoms with Crippen LogP contribution in [0, 0.1) is 0 Å². The number of benzene rings is 2. The Hall–Kier alpha value is -3.55. The van der Waals surface area contributed by atoms with Crippen LogP contribution in [0.1, 0.15) is 0 Å². The van der Waals surface area contributed by atoms with Crippen molar-refractivity contribution < 1.29 is 10.2 Å². The van der Waals surface area contributed by atoms with Gasteiger partial charge in [0, 0.05) is 0 Å². The molecule has 23 heavy (non-hydrogen) atoms. The van der Waals surface area contributed by atoms with Gasteiger partial charge in [0.2, 0.25) is 0 Å². The van der Waals surface area contributed by atoms with Gasteiger partial charge in [0.25, 0.3) is 0 Å². The molecule has 0 aliphatic rings. The molecule has 0 aliphatic carbocycles. The smallest absolute Gasteiger partial charge is 0.345 e. The third-order valence-electron chi connectivity index (χ3n) is 3.22. The third kappa shape index (κ3) is 2.53. The standard InChI is InChI=1S/C15H11N3O5/c19-11-5-1-9(2-6-11)17-13(21)16-14(22)18(15(17)23)10-3-7-12(20)8-4-10/h1-8,19-20H,(H,16,21,22). The number of nitrogens with one attached hydrogen (secondary N) is 1. The molecular weight excluding hydrogens is 302 g/mol. The molecule has 3 N–H and O–H groups in total. The van der Waals surface area contributed by atoms with Crippen LogP contribution in [0.2, 0.25) is 0 Å². The minimum Gasteiger partial charge on any atom is -0.508 e. The fourth-order valence-corrected chi connectivity index (χ4v) is 2.14. The summed E-state index contributed by atoms with van der Waals surface area (Å²) in [6, 6.07) is 10.8. The first-order valence-electron chi connectivity index (χ1n) is 6.54. The molecule has 0 saturated carbocycles. The topological polar surface area (TPSA) is 117 Å². The lowest BCUT2D eigenvalue weighted by Crippen LogP contribution is -2.47. The molecule has 0 aliphatic heterocycles. The summed E-state index contributed by atoms with van der Waals surface area (Å²) in [5, 5.41) is 18.6. The molecular formula is C15H11N3O5. The highest BCUT2D eigenvalue weighted by Gasteiger charge is 2.13. The number of aromatic nitrogens is 3. The van der Waals surface area contributed by atoms with E-state index in [2.05, 4.69) is 4.98 Å². The van der Waals surface area contributed by atoms with Gasteiger partial charge in [0.1, 0.15) is 11.5 Å². The lowest BCUT2D eigenvalue weighted by Gasteiger charge is -2.09. The van der Waals surface area contributed by atoms with Crippen LogP contribution in [-0.2, 0) is 0 Å². The first-order chi connectivity index (χ1) is 11.0. The maximum absolute atomic E-state index is 12.6. The van der Waals surface area contributed by atoms with Gasteiger partial charge in [-0.15, -0.1) is 0 Å². The van der Waals surface area contributed by atoms with Crippen molar-refractivity contribution in [3.05, 3.63) is 80.0 Å². The van der Waals surface area contributed by atoms with E-state index in [4.69, 9.17) is 0 Å². The minimum atomic E-state index is -0.888. The van der Waals surface area contributed by atoms with E-state index in [0.717, 1.165) is 9.13 Å². The van der Waals surface area contributed by atoms with Crippen molar-refractivity contribution in [2.75, 3.05) is 0 Å². The second-order valence-corrected chi connectivity index (χ2v) is 4.72. The second kappa shape index (κ2) is 5.34. The number of rotatable bonds is 2. The molecule has 1 heterocycles. The van der Waals surface area contributed by atoms with Crippen molar-refractivity contribution >= 4 is 0 Å². The van der Waals surface area contributed by atoms with Crippen LogP contribution in [0.15, 0.2) is 62.9 Å². The molecule has 0 unspecified atom stereocenters. The summed E-state index contributed by atoms with van der Waals surface area (Å²) in [6.07, 6.45) is 0. The van der Waals surface area contributed by atoms with Crippen molar-refractivity contribution in [1.82, 2.24) is 14.1 Å². The van der Waals surface area contributed by atoms with E-state index in [1.165, 1.54) is 48.5 Å². The molecule has 0 atom stereocenters. The van der Waals surface area contributed by atoms with Gasteiger partial charge in [-0.2, -0.15) is 0 Å². The highest BCUT2D eigenvalue weighted by molar-refractivity contribution is 5.38. The predicted molar refractivity (Wildman–Crippen MR) is 81.6 cm³/mol. The number of hydrogen-bond donors (Lipinski definition) is 3. The first kappa shape index (κ1) is 14.4. The summed E-state index contributed by atoms with van der Waals surface area (Å²) >= 11 is 0. The van der Waals surface area contributed by atoms with E-state index in [1.54, 1.807) is 0 Å². The van der Waals surface area contributed by atoms with Crippen LogP contribution < -0.4 is 17.1 Å². The fourth-order valence-electron chi connectivity index (χ4n) is 2.14. The summed E-state index contributed by atoms with van der Waals surface area (Å²) in [4.78, 5) is 38.6. The number of phenolic OH excluding ortho intramolecular Hbond substituents is 2. The SMILES string of the molecule is O=c1[nH]c(=O)n(-c2ccc(O)cc2)c(=O)n1-c1ccc(O)cc1. The van der Waals surface area contributed by atoms with Gasteiger partial charge < -0.3 is 10.2 Å². The van der Waals surface area contributed by atoms with Crippen LogP contribution in [0.3, 0.4) is 0 Å². The molecule has 0 bridgehead atoms. The van der Waals surface area contributed by atoms with Gasteiger partial charge in [-0.3, -0.25) is 4.98 Å². The maximum atomic E-state index is 12.6. The zero-order valence-electron chi connectivity index (χ0n) is 11.6. The Bertz CT molecular complexity index is 946. The average Bonchev–Trinajstić information content (AvgIpc) is 2.50. The molecule has 0 amide bonds. The Morgan fingerprint density at radius 2 is 1.00 bits per heavy atom. The zero-order chi connectivity index (χ0) is 16.6. The molecule has 0 spiro atoms. The van der Waals surface area contributed by atoms with Crippen molar-refractivity contribution in [2.45, 2.75) is 0 Å². The van der Waals surface area contributed by atoms with Crippen molar-refractivity contribution in [2.24, 2.45) is 0 Å². The molecule has 0 fully saturated rings. The molecule has 8 nitrogen and oxygen atoms in total. The van der Waals surface area contributed by atoms with Gasteiger partial charge >= 0.3 is 17.1 Å². The average molecular weight is 313 g/mol. The molecule has 2 aromatic carbocycles. The van der Waals surface area contributed by atoms with E-state index >= 15 is 0 Å². The lowest BCUT2D eigenvalue weighted by atomic mass is 10.3. The van der Waals surface area contributed by atoms with Crippen LogP contribution in [-0.4, -0.2) is 24.3 Å². The van der Waals surface area contributed by atoms with Crippen molar-refractivity contribution in [1.29, 1.82) is 0 Å². The number of aromatic amines is 1. The van der Waals surface area contributed by atoms with Gasteiger partial charge in [-0.1, -0.05) is 0 Å². The Kier molecular flexibility index (Phi) is 3.34. The fraction of sp³-hybridized carbons (Fsp3) is 0.